The Kier molecular flexibility index (Phi) is 12.9. The average molecular weight is 435 g/mol. The monoisotopic (exact) mass is 434 g/mol. The van der Waals surface area contributed by atoms with Crippen LogP contribution >= 0.6 is 0 Å². The molecule has 6 nitrogen and oxygen atoms in total. The molecule has 0 aromatic heterocycles. The molecular weight excluding hydrogens is 392 g/mol. The number of rotatable bonds is 15. The molecule has 0 saturated heterocycles. The van der Waals surface area contributed by atoms with Crippen LogP contribution in [-0.2, 0) is 22.4 Å². The number of benzene rings is 1. The van der Waals surface area contributed by atoms with E-state index in [1.807, 2.05) is 12.1 Å². The van der Waals surface area contributed by atoms with Crippen molar-refractivity contribution in [2.24, 2.45) is 0 Å². The van der Waals surface area contributed by atoms with Crippen LogP contribution in [0.15, 0.2) is 18.2 Å². The zero-order chi connectivity index (χ0) is 23.1. The quantitative estimate of drug-likeness (QED) is 0.256. The first-order valence-electron chi connectivity index (χ1n) is 11.7. The van der Waals surface area contributed by atoms with E-state index >= 15 is 0 Å². The highest BCUT2D eigenvalue weighted by atomic mass is 16.6. The predicted molar refractivity (Wildman–Crippen MR) is 126 cm³/mol. The first kappa shape index (κ1) is 27.0. The molecule has 0 radical (unpaired) electrons. The Balaban J connectivity index is 2.64. The van der Waals surface area contributed by atoms with Crippen molar-refractivity contribution in [2.45, 2.75) is 104 Å². The molecule has 0 aliphatic carbocycles. The fourth-order valence-corrected chi connectivity index (χ4v) is 3.54. The number of carbonyl (C=O) groups excluding carboxylic acids is 2. The van der Waals surface area contributed by atoms with E-state index in [2.05, 4.69) is 23.6 Å². The summed E-state index contributed by atoms with van der Waals surface area (Å²) in [6.07, 6.45) is 11.7. The summed E-state index contributed by atoms with van der Waals surface area (Å²) < 4.78 is 5.28. The molecule has 1 atom stereocenters. The van der Waals surface area contributed by atoms with Crippen LogP contribution in [0.4, 0.5) is 10.5 Å². The number of anilines is 1. The third kappa shape index (κ3) is 12.4. The molecule has 0 saturated carbocycles. The minimum atomic E-state index is -0.607. The second-order valence-corrected chi connectivity index (χ2v) is 9.21. The summed E-state index contributed by atoms with van der Waals surface area (Å²) in [4.78, 5) is 23.1. The maximum atomic E-state index is 12.1. The van der Waals surface area contributed by atoms with Gasteiger partial charge in [-0.1, -0.05) is 64.0 Å². The number of hydrogen-bond donors (Lipinski definition) is 3. The van der Waals surface area contributed by atoms with E-state index < -0.39 is 17.7 Å². The Labute approximate surface area is 188 Å². The van der Waals surface area contributed by atoms with Gasteiger partial charge in [-0.15, -0.1) is 0 Å². The molecule has 1 unspecified atom stereocenters. The third-order valence-electron chi connectivity index (χ3n) is 5.11. The molecule has 0 spiro atoms. The van der Waals surface area contributed by atoms with Crippen LogP contribution in [0.3, 0.4) is 0 Å². The minimum Gasteiger partial charge on any atom is -0.444 e. The summed E-state index contributed by atoms with van der Waals surface area (Å²) in [5.41, 5.74) is 2.18. The van der Waals surface area contributed by atoms with Crippen molar-refractivity contribution in [1.82, 2.24) is 5.32 Å². The van der Waals surface area contributed by atoms with Gasteiger partial charge < -0.3 is 20.5 Å². The number of amides is 2. The molecular formula is C25H42N2O4. The molecule has 6 heteroatoms. The largest absolute Gasteiger partial charge is 0.444 e. The molecule has 0 fully saturated rings. The number of hydrogen-bond acceptors (Lipinski definition) is 4. The fourth-order valence-electron chi connectivity index (χ4n) is 3.54. The molecule has 1 rings (SSSR count). The number of aliphatic hydroxyl groups excluding tert-OH is 1. The van der Waals surface area contributed by atoms with Crippen LogP contribution in [0, 0.1) is 0 Å². The highest BCUT2D eigenvalue weighted by Crippen LogP contribution is 2.21. The van der Waals surface area contributed by atoms with Crippen LogP contribution in [0.25, 0.3) is 0 Å². The second kappa shape index (κ2) is 14.8. The standard InChI is InChI=1S/C25H42N2O4/c1-5-6-7-8-9-10-11-12-13-20-14-15-23(26-19-29)21(16-20)17-22(18-28)27-24(30)31-25(2,3)4/h14-16,19,22,28H,5-13,17-18H2,1-4H3,(H,26,29)(H,27,30). The predicted octanol–water partition coefficient (Wildman–Crippen LogP) is 5.37. The van der Waals surface area contributed by atoms with Crippen molar-refractivity contribution < 1.29 is 19.4 Å². The summed E-state index contributed by atoms with van der Waals surface area (Å²) in [5, 5.41) is 15.2. The SMILES string of the molecule is CCCCCCCCCCc1ccc(NC=O)c(CC(CO)NC(=O)OC(C)(C)C)c1. The highest BCUT2D eigenvalue weighted by Gasteiger charge is 2.20. The number of unbranched alkanes of at least 4 members (excludes halogenated alkanes) is 7. The summed E-state index contributed by atoms with van der Waals surface area (Å²) >= 11 is 0. The molecule has 0 bridgehead atoms. The first-order valence-corrected chi connectivity index (χ1v) is 11.7. The van der Waals surface area contributed by atoms with Crippen molar-refractivity contribution in [3.8, 4) is 0 Å². The maximum Gasteiger partial charge on any atom is 0.407 e. The Morgan fingerprint density at radius 3 is 2.32 bits per heavy atom. The Hall–Kier alpha value is -2.08. The number of nitrogens with one attached hydrogen (secondary N) is 2. The zero-order valence-corrected chi connectivity index (χ0v) is 19.8. The van der Waals surface area contributed by atoms with E-state index in [-0.39, 0.29) is 6.61 Å². The van der Waals surface area contributed by atoms with Gasteiger partial charge in [-0.3, -0.25) is 4.79 Å². The number of aliphatic hydroxyl groups is 1. The molecule has 176 valence electrons. The molecule has 3 N–H and O–H groups in total. The van der Waals surface area contributed by atoms with Gasteiger partial charge in [0.25, 0.3) is 0 Å². The van der Waals surface area contributed by atoms with Crippen LogP contribution in [-0.4, -0.2) is 35.9 Å². The molecule has 0 heterocycles. The van der Waals surface area contributed by atoms with Gasteiger partial charge in [0.1, 0.15) is 5.60 Å². The van der Waals surface area contributed by atoms with Crippen molar-refractivity contribution in [3.63, 3.8) is 0 Å². The van der Waals surface area contributed by atoms with Crippen molar-refractivity contribution in [2.75, 3.05) is 11.9 Å². The summed E-state index contributed by atoms with van der Waals surface area (Å²) in [6, 6.07) is 5.49. The van der Waals surface area contributed by atoms with Gasteiger partial charge in [0, 0.05) is 5.69 Å². The van der Waals surface area contributed by atoms with Gasteiger partial charge in [-0.2, -0.15) is 0 Å². The van der Waals surface area contributed by atoms with Crippen molar-refractivity contribution in [1.29, 1.82) is 0 Å². The lowest BCUT2D eigenvalue weighted by molar-refractivity contribution is -0.105. The maximum absolute atomic E-state index is 12.1. The summed E-state index contributed by atoms with van der Waals surface area (Å²) in [6.45, 7) is 7.40. The van der Waals surface area contributed by atoms with Crippen LogP contribution < -0.4 is 10.6 Å². The zero-order valence-electron chi connectivity index (χ0n) is 19.8. The van der Waals surface area contributed by atoms with Gasteiger partial charge >= 0.3 is 6.09 Å². The Morgan fingerprint density at radius 1 is 1.10 bits per heavy atom. The first-order chi connectivity index (χ1) is 14.8. The van der Waals surface area contributed by atoms with E-state index in [0.717, 1.165) is 18.4 Å². The normalized spacial score (nSPS) is 12.3. The Morgan fingerprint density at radius 2 is 1.74 bits per heavy atom. The van der Waals surface area contributed by atoms with E-state index in [1.54, 1.807) is 20.8 Å². The van der Waals surface area contributed by atoms with Crippen LogP contribution in [0.1, 0.15) is 90.2 Å². The highest BCUT2D eigenvalue weighted by molar-refractivity contribution is 5.74. The lowest BCUT2D eigenvalue weighted by Crippen LogP contribution is -2.42. The average Bonchev–Trinajstić information content (AvgIpc) is 2.70. The van der Waals surface area contributed by atoms with E-state index in [9.17, 15) is 14.7 Å². The topological polar surface area (TPSA) is 87.7 Å². The third-order valence-corrected chi connectivity index (χ3v) is 5.11. The van der Waals surface area contributed by atoms with Gasteiger partial charge in [0.2, 0.25) is 6.41 Å². The number of ether oxygens (including phenoxy) is 1. The molecule has 2 amide bonds. The van der Waals surface area contributed by atoms with Gasteiger partial charge in [-0.05, 0) is 57.2 Å². The number of alkyl carbamates (subject to hydrolysis) is 1. The molecule has 0 aliphatic heterocycles. The summed E-state index contributed by atoms with van der Waals surface area (Å²) in [7, 11) is 0. The molecule has 31 heavy (non-hydrogen) atoms. The molecule has 1 aromatic rings. The molecule has 1 aromatic carbocycles. The number of carbonyl (C=O) groups is 2. The van der Waals surface area contributed by atoms with E-state index in [0.29, 0.717) is 18.5 Å². The van der Waals surface area contributed by atoms with Crippen molar-refractivity contribution in [3.05, 3.63) is 29.3 Å². The summed E-state index contributed by atoms with van der Waals surface area (Å²) in [5.74, 6) is 0. The second-order valence-electron chi connectivity index (χ2n) is 9.21. The fraction of sp³-hybridized carbons (Fsp3) is 0.680. The van der Waals surface area contributed by atoms with Gasteiger partial charge in [0.05, 0.1) is 12.6 Å². The lowest BCUT2D eigenvalue weighted by atomic mass is 9.98. The van der Waals surface area contributed by atoms with E-state index in [1.165, 1.54) is 50.5 Å². The smallest absolute Gasteiger partial charge is 0.407 e. The minimum absolute atomic E-state index is 0.220. The molecule has 0 aliphatic rings. The van der Waals surface area contributed by atoms with Crippen LogP contribution in [0.5, 0.6) is 0 Å². The van der Waals surface area contributed by atoms with Gasteiger partial charge in [0.15, 0.2) is 0 Å². The lowest BCUT2D eigenvalue weighted by Gasteiger charge is -2.23. The van der Waals surface area contributed by atoms with Crippen LogP contribution in [0.2, 0.25) is 0 Å². The van der Waals surface area contributed by atoms with Gasteiger partial charge in [-0.25, -0.2) is 4.79 Å². The van der Waals surface area contributed by atoms with Crippen molar-refractivity contribution >= 4 is 18.2 Å². The number of aryl methyl sites for hydroxylation is 1. The Bertz CT molecular complexity index is 655. The van der Waals surface area contributed by atoms with E-state index in [4.69, 9.17) is 4.74 Å².